The van der Waals surface area contributed by atoms with Gasteiger partial charge >= 0.3 is 5.97 Å². The van der Waals surface area contributed by atoms with E-state index < -0.39 is 6.10 Å². The second-order valence-electron chi connectivity index (χ2n) is 12.1. The Hall–Kier alpha value is -1.01. The largest absolute Gasteiger partial charge is 0.465 e. The Bertz CT molecular complexity index is 573. The van der Waals surface area contributed by atoms with Crippen molar-refractivity contribution < 1.29 is 19.4 Å². The van der Waals surface area contributed by atoms with Crippen LogP contribution < -0.4 is 0 Å². The molecule has 0 saturated heterocycles. The molecule has 238 valence electrons. The van der Waals surface area contributed by atoms with E-state index in [9.17, 15) is 14.8 Å². The number of nitroso groups, excluding NO2 is 1. The maximum absolute atomic E-state index is 12.1. The molecule has 0 spiro atoms. The zero-order valence-electron chi connectivity index (χ0n) is 27.2. The summed E-state index contributed by atoms with van der Waals surface area (Å²) in [4.78, 5) is 23.7. The van der Waals surface area contributed by atoms with Crippen molar-refractivity contribution in [1.82, 2.24) is 0 Å². The molecule has 40 heavy (non-hydrogen) atoms. The van der Waals surface area contributed by atoms with Gasteiger partial charge in [-0.15, -0.1) is 0 Å². The Morgan fingerprint density at radius 2 is 1.23 bits per heavy atom. The predicted molar refractivity (Wildman–Crippen MR) is 169 cm³/mol. The molecule has 0 aliphatic rings. The second-order valence-corrected chi connectivity index (χ2v) is 12.1. The standard InChI is InChI=1S/C34H67NO5/c1-6-11-14-18-23-31(35-38)26-33(39-27-29(9-4)21-12-7-2)32(36)24-19-16-15-17-20-25-34(37)40-28-30(10-5)22-13-8-3/h29-33,36H,6-28H2,1-5H3. The van der Waals surface area contributed by atoms with Crippen molar-refractivity contribution in [3.8, 4) is 0 Å². The third-order valence-electron chi connectivity index (χ3n) is 8.47. The van der Waals surface area contributed by atoms with Crippen LogP contribution in [-0.4, -0.2) is 42.5 Å². The van der Waals surface area contributed by atoms with Gasteiger partial charge in [-0.2, -0.15) is 4.91 Å². The SMILES string of the molecule is CCCCCCC(CC(OCC(CC)CCCC)C(O)CCCCCCCC(=O)OCC(CC)CCCC)N=O. The highest BCUT2D eigenvalue weighted by atomic mass is 16.5. The molecule has 0 bridgehead atoms. The van der Waals surface area contributed by atoms with Gasteiger partial charge in [-0.1, -0.05) is 130 Å². The minimum atomic E-state index is -0.572. The lowest BCUT2D eigenvalue weighted by molar-refractivity contribution is -0.145. The molecule has 0 aliphatic heterocycles. The summed E-state index contributed by atoms with van der Waals surface area (Å²) >= 11 is 0. The van der Waals surface area contributed by atoms with E-state index in [4.69, 9.17) is 9.47 Å². The Morgan fingerprint density at radius 1 is 0.675 bits per heavy atom. The van der Waals surface area contributed by atoms with Crippen LogP contribution in [0.1, 0.15) is 169 Å². The number of nitrogens with zero attached hydrogens (tertiary/aromatic N) is 1. The minimum absolute atomic E-state index is 0.0669. The molecular formula is C34H67NO5. The topological polar surface area (TPSA) is 85.2 Å². The highest BCUT2D eigenvalue weighted by Gasteiger charge is 2.25. The first kappa shape index (κ1) is 39.0. The fourth-order valence-corrected chi connectivity index (χ4v) is 5.30. The number of rotatable bonds is 30. The van der Waals surface area contributed by atoms with E-state index in [2.05, 4.69) is 39.8 Å². The van der Waals surface area contributed by atoms with Gasteiger partial charge in [-0.3, -0.25) is 4.79 Å². The van der Waals surface area contributed by atoms with E-state index in [1.807, 2.05) is 0 Å². The number of carbonyl (C=O) groups is 1. The number of hydrogen-bond donors (Lipinski definition) is 1. The summed E-state index contributed by atoms with van der Waals surface area (Å²) in [7, 11) is 0. The summed E-state index contributed by atoms with van der Waals surface area (Å²) in [6, 6.07) is -0.286. The first-order valence-electron chi connectivity index (χ1n) is 17.2. The van der Waals surface area contributed by atoms with Crippen LogP contribution in [0.5, 0.6) is 0 Å². The molecule has 0 aromatic heterocycles. The minimum Gasteiger partial charge on any atom is -0.465 e. The van der Waals surface area contributed by atoms with Gasteiger partial charge in [0.25, 0.3) is 0 Å². The van der Waals surface area contributed by atoms with Crippen LogP contribution in [0.4, 0.5) is 0 Å². The highest BCUT2D eigenvalue weighted by Crippen LogP contribution is 2.22. The Labute approximate surface area is 248 Å². The number of hydrogen-bond acceptors (Lipinski definition) is 6. The van der Waals surface area contributed by atoms with Crippen LogP contribution in [0, 0.1) is 16.7 Å². The van der Waals surface area contributed by atoms with Gasteiger partial charge in [-0.25, -0.2) is 0 Å². The van der Waals surface area contributed by atoms with Gasteiger partial charge in [0.1, 0.15) is 0 Å². The summed E-state index contributed by atoms with van der Waals surface area (Å²) in [6.45, 7) is 12.2. The summed E-state index contributed by atoms with van der Waals surface area (Å²) in [5.74, 6) is 0.923. The lowest BCUT2D eigenvalue weighted by atomic mass is 9.96. The van der Waals surface area contributed by atoms with Crippen molar-refractivity contribution >= 4 is 5.97 Å². The average molecular weight is 570 g/mol. The van der Waals surface area contributed by atoms with Gasteiger partial charge in [-0.05, 0) is 43.9 Å². The lowest BCUT2D eigenvalue weighted by Crippen LogP contribution is -2.34. The summed E-state index contributed by atoms with van der Waals surface area (Å²) < 4.78 is 11.8. The number of esters is 1. The van der Waals surface area contributed by atoms with Crippen molar-refractivity contribution in [3.05, 3.63) is 4.91 Å². The number of ether oxygens (including phenoxy) is 2. The molecule has 0 radical (unpaired) electrons. The van der Waals surface area contributed by atoms with Crippen LogP contribution >= 0.6 is 0 Å². The van der Waals surface area contributed by atoms with Crippen molar-refractivity contribution in [2.24, 2.45) is 17.0 Å². The predicted octanol–water partition coefficient (Wildman–Crippen LogP) is 9.93. The van der Waals surface area contributed by atoms with E-state index in [1.54, 1.807) is 0 Å². The first-order valence-corrected chi connectivity index (χ1v) is 17.2. The maximum Gasteiger partial charge on any atom is 0.305 e. The number of aliphatic hydroxyl groups is 1. The van der Waals surface area contributed by atoms with Crippen molar-refractivity contribution in [2.45, 2.75) is 188 Å². The van der Waals surface area contributed by atoms with Crippen LogP contribution in [-0.2, 0) is 14.3 Å². The van der Waals surface area contributed by atoms with E-state index >= 15 is 0 Å². The van der Waals surface area contributed by atoms with Crippen LogP contribution in [0.15, 0.2) is 5.18 Å². The monoisotopic (exact) mass is 570 g/mol. The first-order chi connectivity index (χ1) is 19.4. The van der Waals surface area contributed by atoms with Gasteiger partial charge in [0.2, 0.25) is 0 Å². The Morgan fingerprint density at radius 3 is 1.82 bits per heavy atom. The van der Waals surface area contributed by atoms with E-state index in [1.165, 1.54) is 38.5 Å². The van der Waals surface area contributed by atoms with Crippen LogP contribution in [0.3, 0.4) is 0 Å². The third kappa shape index (κ3) is 21.7. The Balaban J connectivity index is 4.48. The van der Waals surface area contributed by atoms with Crippen LogP contribution in [0.25, 0.3) is 0 Å². The van der Waals surface area contributed by atoms with E-state index in [0.717, 1.165) is 77.0 Å². The zero-order valence-corrected chi connectivity index (χ0v) is 27.2. The normalized spacial score (nSPS) is 15.3. The molecule has 0 saturated carbocycles. The Kier molecular flexibility index (Phi) is 27.4. The highest BCUT2D eigenvalue weighted by molar-refractivity contribution is 5.69. The molecule has 5 atom stereocenters. The fourth-order valence-electron chi connectivity index (χ4n) is 5.30. The molecule has 1 N–H and O–H groups in total. The van der Waals surface area contributed by atoms with Crippen molar-refractivity contribution in [1.29, 1.82) is 0 Å². The third-order valence-corrected chi connectivity index (χ3v) is 8.47. The van der Waals surface area contributed by atoms with Gasteiger partial charge in [0, 0.05) is 19.4 Å². The van der Waals surface area contributed by atoms with Crippen molar-refractivity contribution in [3.63, 3.8) is 0 Å². The molecule has 0 amide bonds. The molecule has 0 aromatic rings. The van der Waals surface area contributed by atoms with Gasteiger partial charge in [0.05, 0.1) is 24.9 Å². The molecular weight excluding hydrogens is 502 g/mol. The fraction of sp³-hybridized carbons (Fsp3) is 0.971. The van der Waals surface area contributed by atoms with E-state index in [0.29, 0.717) is 44.3 Å². The molecule has 0 fully saturated rings. The van der Waals surface area contributed by atoms with Gasteiger partial charge in [0.15, 0.2) is 0 Å². The smallest absolute Gasteiger partial charge is 0.305 e. The zero-order chi connectivity index (χ0) is 29.8. The molecule has 0 aromatic carbocycles. The lowest BCUT2D eigenvalue weighted by Gasteiger charge is -2.27. The second kappa shape index (κ2) is 28.1. The summed E-state index contributed by atoms with van der Waals surface area (Å²) in [5, 5.41) is 14.5. The summed E-state index contributed by atoms with van der Waals surface area (Å²) in [6.07, 6.45) is 20.1. The van der Waals surface area contributed by atoms with E-state index in [-0.39, 0.29) is 18.1 Å². The number of aliphatic hydroxyl groups excluding tert-OH is 1. The average Bonchev–Trinajstić information content (AvgIpc) is 2.97. The van der Waals surface area contributed by atoms with Gasteiger partial charge < -0.3 is 14.6 Å². The quantitative estimate of drug-likeness (QED) is 0.0528. The molecule has 0 heterocycles. The maximum atomic E-state index is 12.1. The molecule has 5 unspecified atom stereocenters. The van der Waals surface area contributed by atoms with Crippen molar-refractivity contribution in [2.75, 3.05) is 13.2 Å². The molecule has 0 aliphatic carbocycles. The number of unbranched alkanes of at least 4 members (excludes halogenated alkanes) is 9. The number of carbonyl (C=O) groups excluding carboxylic acids is 1. The van der Waals surface area contributed by atoms with Crippen LogP contribution in [0.2, 0.25) is 0 Å². The molecule has 0 rings (SSSR count). The summed E-state index contributed by atoms with van der Waals surface area (Å²) in [5.41, 5.74) is 0. The molecule has 6 heteroatoms. The molecule has 6 nitrogen and oxygen atoms in total.